The SMILES string of the molecule is C=CCOc1c(I)cc(/C=C(\C#N)C(=O)Nc2ccc(OCc3ccc(Br)cc3)cc2)cc1OCC. The Kier molecular flexibility index (Phi) is 10.4. The van der Waals surface area contributed by atoms with Crippen molar-refractivity contribution in [2.75, 3.05) is 18.5 Å². The van der Waals surface area contributed by atoms with Crippen LogP contribution in [0.4, 0.5) is 5.69 Å². The molecule has 0 saturated heterocycles. The molecule has 3 aromatic rings. The number of carbonyl (C=O) groups excluding carboxylic acids is 1. The molecule has 8 heteroatoms. The van der Waals surface area contributed by atoms with Crippen molar-refractivity contribution in [3.8, 4) is 23.3 Å². The number of anilines is 1. The fourth-order valence-corrected chi connectivity index (χ4v) is 4.16. The van der Waals surface area contributed by atoms with Gasteiger partial charge in [-0.1, -0.05) is 40.7 Å². The van der Waals surface area contributed by atoms with E-state index in [1.165, 1.54) is 6.08 Å². The molecular weight excluding hydrogens is 635 g/mol. The van der Waals surface area contributed by atoms with Gasteiger partial charge in [-0.2, -0.15) is 5.26 Å². The van der Waals surface area contributed by atoms with Crippen LogP contribution in [0, 0.1) is 14.9 Å². The Morgan fingerprint density at radius 3 is 2.47 bits per heavy atom. The molecule has 0 aliphatic heterocycles. The van der Waals surface area contributed by atoms with Gasteiger partial charge in [-0.25, -0.2) is 0 Å². The van der Waals surface area contributed by atoms with E-state index in [-0.39, 0.29) is 5.57 Å². The maximum atomic E-state index is 12.8. The molecule has 0 fully saturated rings. The van der Waals surface area contributed by atoms with Crippen LogP contribution in [0.1, 0.15) is 18.1 Å². The summed E-state index contributed by atoms with van der Waals surface area (Å²) in [5, 5.41) is 12.4. The van der Waals surface area contributed by atoms with Crippen LogP contribution in [0.5, 0.6) is 17.2 Å². The van der Waals surface area contributed by atoms with E-state index in [9.17, 15) is 10.1 Å². The molecule has 1 amide bonds. The number of nitrogens with one attached hydrogen (secondary N) is 1. The lowest BCUT2D eigenvalue weighted by atomic mass is 10.1. The Bertz CT molecular complexity index is 1280. The third-order valence-corrected chi connectivity index (χ3v) is 6.11. The van der Waals surface area contributed by atoms with Crippen molar-refractivity contribution in [3.63, 3.8) is 0 Å². The first kappa shape index (κ1) is 27.3. The number of amides is 1. The summed E-state index contributed by atoms with van der Waals surface area (Å²) in [6, 6.07) is 20.4. The molecule has 0 radical (unpaired) electrons. The van der Waals surface area contributed by atoms with E-state index in [4.69, 9.17) is 14.2 Å². The molecule has 1 N–H and O–H groups in total. The number of nitriles is 1. The third-order valence-electron chi connectivity index (χ3n) is 4.78. The van der Waals surface area contributed by atoms with Gasteiger partial charge < -0.3 is 19.5 Å². The van der Waals surface area contributed by atoms with E-state index in [0.717, 1.165) is 13.6 Å². The standard InChI is InChI=1S/C28H24BrIN2O4/c1-3-13-35-27-25(30)15-20(16-26(27)34-4-2)14-21(17-31)28(33)32-23-9-11-24(12-10-23)36-18-19-5-7-22(29)8-6-19/h3,5-12,14-16H,1,4,13,18H2,2H3,(H,32,33)/b21-14+. The fraction of sp³-hybridized carbons (Fsp3) is 0.143. The van der Waals surface area contributed by atoms with Gasteiger partial charge in [0.15, 0.2) is 11.5 Å². The quantitative estimate of drug-likeness (QED) is 0.103. The Morgan fingerprint density at radius 2 is 1.83 bits per heavy atom. The summed E-state index contributed by atoms with van der Waals surface area (Å²) >= 11 is 5.55. The van der Waals surface area contributed by atoms with Crippen LogP contribution in [0.25, 0.3) is 6.08 Å². The van der Waals surface area contributed by atoms with Gasteiger partial charge in [0.25, 0.3) is 5.91 Å². The number of nitrogens with zero attached hydrogens (tertiary/aromatic N) is 1. The molecule has 36 heavy (non-hydrogen) atoms. The Balaban J connectivity index is 1.69. The predicted octanol–water partition coefficient (Wildman–Crippen LogP) is 7.14. The van der Waals surface area contributed by atoms with Gasteiger partial charge in [-0.15, -0.1) is 0 Å². The highest BCUT2D eigenvalue weighted by Gasteiger charge is 2.14. The summed E-state index contributed by atoms with van der Waals surface area (Å²) in [7, 11) is 0. The first-order chi connectivity index (χ1) is 17.4. The second-order valence-corrected chi connectivity index (χ2v) is 9.50. The third kappa shape index (κ3) is 7.86. The van der Waals surface area contributed by atoms with E-state index in [1.54, 1.807) is 36.4 Å². The molecule has 6 nitrogen and oxygen atoms in total. The first-order valence-corrected chi connectivity index (χ1v) is 12.9. The Hall–Kier alpha value is -3.29. The van der Waals surface area contributed by atoms with Crippen LogP contribution < -0.4 is 19.5 Å². The van der Waals surface area contributed by atoms with Gasteiger partial charge in [-0.05, 0) is 95.2 Å². The van der Waals surface area contributed by atoms with Crippen LogP contribution in [0.15, 0.2) is 83.4 Å². The second-order valence-electron chi connectivity index (χ2n) is 7.43. The van der Waals surface area contributed by atoms with Gasteiger partial charge in [-0.3, -0.25) is 4.79 Å². The Labute approximate surface area is 232 Å². The lowest BCUT2D eigenvalue weighted by Crippen LogP contribution is -2.13. The second kappa shape index (κ2) is 13.7. The summed E-state index contributed by atoms with van der Waals surface area (Å²) in [4.78, 5) is 12.8. The predicted molar refractivity (Wildman–Crippen MR) is 153 cm³/mol. The molecule has 0 atom stereocenters. The molecule has 0 saturated carbocycles. The smallest absolute Gasteiger partial charge is 0.266 e. The zero-order valence-electron chi connectivity index (χ0n) is 19.6. The molecule has 0 bridgehead atoms. The van der Waals surface area contributed by atoms with Crippen molar-refractivity contribution in [1.29, 1.82) is 5.26 Å². The zero-order valence-corrected chi connectivity index (χ0v) is 23.3. The highest BCUT2D eigenvalue weighted by molar-refractivity contribution is 14.1. The van der Waals surface area contributed by atoms with Crippen molar-refractivity contribution in [3.05, 3.63) is 98.1 Å². The molecule has 0 aromatic heterocycles. The maximum Gasteiger partial charge on any atom is 0.266 e. The van der Waals surface area contributed by atoms with Crippen molar-refractivity contribution >= 4 is 56.2 Å². The minimum Gasteiger partial charge on any atom is -0.490 e. The van der Waals surface area contributed by atoms with Gasteiger partial charge >= 0.3 is 0 Å². The largest absolute Gasteiger partial charge is 0.490 e. The van der Waals surface area contributed by atoms with Crippen LogP contribution in [0.3, 0.4) is 0 Å². The Morgan fingerprint density at radius 1 is 1.11 bits per heavy atom. The zero-order chi connectivity index (χ0) is 25.9. The number of halogens is 2. The average molecular weight is 659 g/mol. The normalized spacial score (nSPS) is 10.8. The monoisotopic (exact) mass is 658 g/mol. The van der Waals surface area contributed by atoms with Crippen LogP contribution in [-0.4, -0.2) is 19.1 Å². The lowest BCUT2D eigenvalue weighted by molar-refractivity contribution is -0.112. The molecule has 184 valence electrons. The van der Waals surface area contributed by atoms with Crippen molar-refractivity contribution in [2.24, 2.45) is 0 Å². The molecule has 0 aliphatic rings. The average Bonchev–Trinajstić information content (AvgIpc) is 2.87. The summed E-state index contributed by atoms with van der Waals surface area (Å²) in [6.07, 6.45) is 3.17. The maximum absolute atomic E-state index is 12.8. The highest BCUT2D eigenvalue weighted by atomic mass is 127. The summed E-state index contributed by atoms with van der Waals surface area (Å²) in [5.41, 5.74) is 2.21. The minimum atomic E-state index is -0.513. The number of hydrogen-bond acceptors (Lipinski definition) is 5. The summed E-state index contributed by atoms with van der Waals surface area (Å²) < 4.78 is 19.0. The number of rotatable bonds is 11. The number of benzene rings is 3. The molecule has 3 rings (SSSR count). The molecule has 0 heterocycles. The van der Waals surface area contributed by atoms with E-state index < -0.39 is 5.91 Å². The van der Waals surface area contributed by atoms with E-state index in [0.29, 0.717) is 48.3 Å². The number of ether oxygens (including phenoxy) is 3. The van der Waals surface area contributed by atoms with Crippen LogP contribution >= 0.6 is 38.5 Å². The van der Waals surface area contributed by atoms with E-state index in [1.807, 2.05) is 43.3 Å². The highest BCUT2D eigenvalue weighted by Crippen LogP contribution is 2.35. The molecule has 3 aromatic carbocycles. The van der Waals surface area contributed by atoms with Gasteiger partial charge in [0.1, 0.15) is 30.6 Å². The molecule has 0 spiro atoms. The van der Waals surface area contributed by atoms with E-state index in [2.05, 4.69) is 50.4 Å². The number of hydrogen-bond donors (Lipinski definition) is 1. The summed E-state index contributed by atoms with van der Waals surface area (Å²) in [5.74, 6) is 1.29. The molecule has 0 unspecified atom stereocenters. The van der Waals surface area contributed by atoms with E-state index >= 15 is 0 Å². The molecule has 0 aliphatic carbocycles. The number of carbonyl (C=O) groups is 1. The first-order valence-electron chi connectivity index (χ1n) is 11.0. The fourth-order valence-electron chi connectivity index (χ4n) is 3.11. The van der Waals surface area contributed by atoms with Crippen molar-refractivity contribution in [1.82, 2.24) is 0 Å². The topological polar surface area (TPSA) is 80.6 Å². The van der Waals surface area contributed by atoms with Gasteiger partial charge in [0.2, 0.25) is 0 Å². The van der Waals surface area contributed by atoms with Crippen molar-refractivity contribution < 1.29 is 19.0 Å². The van der Waals surface area contributed by atoms with Crippen LogP contribution in [0.2, 0.25) is 0 Å². The summed E-state index contributed by atoms with van der Waals surface area (Å²) in [6.45, 7) is 6.75. The molecular formula is C28H24BrIN2O4. The van der Waals surface area contributed by atoms with Gasteiger partial charge in [0.05, 0.1) is 10.2 Å². The lowest BCUT2D eigenvalue weighted by Gasteiger charge is -2.14. The van der Waals surface area contributed by atoms with Crippen molar-refractivity contribution in [2.45, 2.75) is 13.5 Å². The minimum absolute atomic E-state index is 0.0384. The van der Waals surface area contributed by atoms with Gasteiger partial charge in [0, 0.05) is 10.2 Å². The van der Waals surface area contributed by atoms with Crippen LogP contribution in [-0.2, 0) is 11.4 Å².